The quantitative estimate of drug-likeness (QED) is 0.827. The lowest BCUT2D eigenvalue weighted by atomic mass is 10.0. The Kier molecular flexibility index (Phi) is 4.71. The van der Waals surface area contributed by atoms with Gasteiger partial charge >= 0.3 is 12.1 Å². The minimum atomic E-state index is -4.44. The number of nitrogens with one attached hydrogen (secondary N) is 1. The number of ether oxygens (including phenoxy) is 1. The number of esters is 1. The zero-order valence-electron chi connectivity index (χ0n) is 13.8. The van der Waals surface area contributed by atoms with Gasteiger partial charge in [0.2, 0.25) is 5.91 Å². The van der Waals surface area contributed by atoms with Crippen LogP contribution in [0.1, 0.15) is 33.8 Å². The van der Waals surface area contributed by atoms with Crippen molar-refractivity contribution in [1.29, 1.82) is 0 Å². The molecule has 0 aromatic heterocycles. The zero-order chi connectivity index (χ0) is 18.9. The predicted molar refractivity (Wildman–Crippen MR) is 88.7 cm³/mol. The number of carbonyl (C=O) groups excluding carboxylic acids is 2. The van der Waals surface area contributed by atoms with E-state index in [1.807, 2.05) is 0 Å². The molecule has 1 N–H and O–H groups in total. The summed E-state index contributed by atoms with van der Waals surface area (Å²) in [6, 6.07) is 11.4. The maximum atomic E-state index is 13.1. The van der Waals surface area contributed by atoms with Crippen LogP contribution in [0.5, 0.6) is 0 Å². The van der Waals surface area contributed by atoms with Crippen LogP contribution in [-0.4, -0.2) is 19.0 Å². The van der Waals surface area contributed by atoms with Gasteiger partial charge in [0, 0.05) is 11.6 Å². The Morgan fingerprint density at radius 3 is 2.35 bits per heavy atom. The van der Waals surface area contributed by atoms with Crippen LogP contribution in [0.25, 0.3) is 0 Å². The summed E-state index contributed by atoms with van der Waals surface area (Å²) in [5.74, 6) is -1.77. The molecule has 1 aliphatic carbocycles. The highest BCUT2D eigenvalue weighted by Crippen LogP contribution is 2.51. The lowest BCUT2D eigenvalue weighted by Crippen LogP contribution is -2.15. The van der Waals surface area contributed by atoms with Crippen LogP contribution in [0.3, 0.4) is 0 Å². The summed E-state index contributed by atoms with van der Waals surface area (Å²) in [7, 11) is 1.27. The average molecular weight is 363 g/mol. The highest BCUT2D eigenvalue weighted by atomic mass is 19.4. The molecule has 2 unspecified atom stereocenters. The van der Waals surface area contributed by atoms with Crippen LogP contribution in [-0.2, 0) is 15.7 Å². The van der Waals surface area contributed by atoms with Gasteiger partial charge in [0.25, 0.3) is 0 Å². The molecule has 0 saturated heterocycles. The minimum Gasteiger partial charge on any atom is -0.465 e. The van der Waals surface area contributed by atoms with Crippen molar-refractivity contribution in [3.05, 3.63) is 65.2 Å². The van der Waals surface area contributed by atoms with Crippen molar-refractivity contribution < 1.29 is 27.5 Å². The van der Waals surface area contributed by atoms with E-state index < -0.39 is 29.5 Å². The maximum Gasteiger partial charge on any atom is 0.416 e. The molecule has 0 spiro atoms. The second-order valence-corrected chi connectivity index (χ2v) is 6.09. The van der Waals surface area contributed by atoms with E-state index in [1.165, 1.54) is 31.4 Å². The van der Waals surface area contributed by atoms with Crippen LogP contribution in [0.2, 0.25) is 0 Å². The van der Waals surface area contributed by atoms with E-state index in [1.54, 1.807) is 18.2 Å². The molecule has 2 aromatic rings. The monoisotopic (exact) mass is 363 g/mol. The van der Waals surface area contributed by atoms with Crippen molar-refractivity contribution in [1.82, 2.24) is 0 Å². The van der Waals surface area contributed by atoms with Crippen molar-refractivity contribution >= 4 is 17.6 Å². The molecule has 0 bridgehead atoms. The highest BCUT2D eigenvalue weighted by Gasteiger charge is 2.47. The largest absolute Gasteiger partial charge is 0.465 e. The lowest BCUT2D eigenvalue weighted by Gasteiger charge is -2.12. The number of rotatable bonds is 4. The smallest absolute Gasteiger partial charge is 0.416 e. The van der Waals surface area contributed by atoms with Gasteiger partial charge < -0.3 is 10.1 Å². The standard InChI is InChI=1S/C19H16F3NO3/c1-26-18(25)11-6-8-12(9-7-11)23-17(24)15-10-14(15)13-4-2-3-5-16(13)19(20,21)22/h2-9,14-15H,10H2,1H3,(H,23,24). The van der Waals surface area contributed by atoms with Crippen LogP contribution in [0.15, 0.2) is 48.5 Å². The summed E-state index contributed by atoms with van der Waals surface area (Å²) in [4.78, 5) is 23.7. The topological polar surface area (TPSA) is 55.4 Å². The number of benzene rings is 2. The van der Waals surface area contributed by atoms with Gasteiger partial charge in [-0.3, -0.25) is 4.79 Å². The molecule has 3 rings (SSSR count). The zero-order valence-corrected chi connectivity index (χ0v) is 13.8. The Bertz CT molecular complexity index is 831. The van der Waals surface area contributed by atoms with Crippen molar-refractivity contribution in [3.63, 3.8) is 0 Å². The van der Waals surface area contributed by atoms with Crippen molar-refractivity contribution in [2.24, 2.45) is 5.92 Å². The summed E-state index contributed by atoms with van der Waals surface area (Å²) in [6.07, 6.45) is -4.07. The molecule has 4 nitrogen and oxygen atoms in total. The number of alkyl halides is 3. The number of anilines is 1. The van der Waals surface area contributed by atoms with E-state index in [2.05, 4.69) is 10.1 Å². The molecule has 26 heavy (non-hydrogen) atoms. The maximum absolute atomic E-state index is 13.1. The van der Waals surface area contributed by atoms with Gasteiger partial charge in [-0.1, -0.05) is 18.2 Å². The Morgan fingerprint density at radius 2 is 1.73 bits per heavy atom. The van der Waals surface area contributed by atoms with Gasteiger partial charge in [-0.15, -0.1) is 0 Å². The summed E-state index contributed by atoms with van der Waals surface area (Å²) in [5, 5.41) is 2.67. The fraction of sp³-hybridized carbons (Fsp3) is 0.263. The highest BCUT2D eigenvalue weighted by molar-refractivity contribution is 5.96. The minimum absolute atomic E-state index is 0.154. The van der Waals surface area contributed by atoms with E-state index in [0.29, 0.717) is 17.7 Å². The normalized spacial score (nSPS) is 18.9. The van der Waals surface area contributed by atoms with E-state index in [0.717, 1.165) is 6.07 Å². The Morgan fingerprint density at radius 1 is 1.08 bits per heavy atom. The predicted octanol–water partition coefficient (Wildman–Crippen LogP) is 4.23. The fourth-order valence-electron chi connectivity index (χ4n) is 2.95. The van der Waals surface area contributed by atoms with Gasteiger partial charge in [-0.25, -0.2) is 4.79 Å². The first-order valence-electron chi connectivity index (χ1n) is 7.96. The third kappa shape index (κ3) is 3.71. The van der Waals surface area contributed by atoms with Gasteiger partial charge in [0.05, 0.1) is 18.2 Å². The van der Waals surface area contributed by atoms with Gasteiger partial charge in [-0.2, -0.15) is 13.2 Å². The third-order valence-corrected chi connectivity index (χ3v) is 4.37. The van der Waals surface area contributed by atoms with E-state index in [4.69, 9.17) is 0 Å². The molecule has 0 radical (unpaired) electrons. The second-order valence-electron chi connectivity index (χ2n) is 6.09. The second kappa shape index (κ2) is 6.82. The SMILES string of the molecule is COC(=O)c1ccc(NC(=O)C2CC2c2ccccc2C(F)(F)F)cc1. The first kappa shape index (κ1) is 18.0. The molecule has 0 heterocycles. The Hall–Kier alpha value is -2.83. The molecular weight excluding hydrogens is 347 g/mol. The summed E-state index contributed by atoms with van der Waals surface area (Å²) in [6.45, 7) is 0. The lowest BCUT2D eigenvalue weighted by molar-refractivity contribution is -0.138. The first-order chi connectivity index (χ1) is 12.3. The molecule has 7 heteroatoms. The fourth-order valence-corrected chi connectivity index (χ4v) is 2.95. The molecular formula is C19H16F3NO3. The van der Waals surface area contributed by atoms with Crippen molar-refractivity contribution in [2.45, 2.75) is 18.5 Å². The van der Waals surface area contributed by atoms with E-state index in [9.17, 15) is 22.8 Å². The number of methoxy groups -OCH3 is 1. The van der Waals surface area contributed by atoms with Crippen LogP contribution >= 0.6 is 0 Å². The molecule has 2 aromatic carbocycles. The van der Waals surface area contributed by atoms with Gasteiger partial charge in [0.15, 0.2) is 0 Å². The average Bonchev–Trinajstić information content (AvgIpc) is 3.42. The Balaban J connectivity index is 1.68. The molecule has 1 saturated carbocycles. The van der Waals surface area contributed by atoms with Gasteiger partial charge in [0.1, 0.15) is 0 Å². The Labute approximate surface area is 148 Å². The molecule has 2 atom stereocenters. The van der Waals surface area contributed by atoms with E-state index in [-0.39, 0.29) is 11.5 Å². The van der Waals surface area contributed by atoms with E-state index >= 15 is 0 Å². The molecule has 0 aliphatic heterocycles. The summed E-state index contributed by atoms with van der Waals surface area (Å²) >= 11 is 0. The number of halogens is 3. The van der Waals surface area contributed by atoms with Gasteiger partial charge in [-0.05, 0) is 48.2 Å². The van der Waals surface area contributed by atoms with Crippen LogP contribution in [0, 0.1) is 5.92 Å². The molecule has 1 aliphatic rings. The summed E-state index contributed by atoms with van der Waals surface area (Å²) < 4.78 is 43.9. The number of hydrogen-bond donors (Lipinski definition) is 1. The first-order valence-corrected chi connectivity index (χ1v) is 7.96. The third-order valence-electron chi connectivity index (χ3n) is 4.37. The number of carbonyl (C=O) groups is 2. The number of amides is 1. The molecule has 1 fully saturated rings. The van der Waals surface area contributed by atoms with Crippen molar-refractivity contribution in [2.75, 3.05) is 12.4 Å². The van der Waals surface area contributed by atoms with Crippen molar-refractivity contribution in [3.8, 4) is 0 Å². The van der Waals surface area contributed by atoms with Crippen LogP contribution in [0.4, 0.5) is 18.9 Å². The molecule has 136 valence electrons. The van der Waals surface area contributed by atoms with Crippen LogP contribution < -0.4 is 5.32 Å². The summed E-state index contributed by atoms with van der Waals surface area (Å²) in [5.41, 5.74) is 0.273. The number of hydrogen-bond acceptors (Lipinski definition) is 3. The molecule has 1 amide bonds.